The Morgan fingerprint density at radius 3 is 2.50 bits per heavy atom. The fraction of sp³-hybridized carbons (Fsp3) is 0.600. The summed E-state index contributed by atoms with van der Waals surface area (Å²) in [4.78, 5) is 2.04. The van der Waals surface area contributed by atoms with Gasteiger partial charge in [-0.1, -0.05) is 19.1 Å². The van der Waals surface area contributed by atoms with Crippen molar-refractivity contribution in [3.05, 3.63) is 35.4 Å². The average Bonchev–Trinajstić information content (AvgIpc) is 2.38. The van der Waals surface area contributed by atoms with E-state index in [1.165, 1.54) is 12.1 Å². The van der Waals surface area contributed by atoms with E-state index in [1.807, 2.05) is 25.9 Å². The molecule has 0 aromatic heterocycles. The molecular formula is C15H23F3N2. The van der Waals surface area contributed by atoms with Crippen LogP contribution in [0.4, 0.5) is 13.2 Å². The van der Waals surface area contributed by atoms with Gasteiger partial charge in [0.1, 0.15) is 0 Å². The van der Waals surface area contributed by atoms with Crippen LogP contribution in [0.2, 0.25) is 0 Å². The van der Waals surface area contributed by atoms with E-state index in [-0.39, 0.29) is 6.04 Å². The van der Waals surface area contributed by atoms with Crippen LogP contribution in [0, 0.1) is 0 Å². The molecule has 1 atom stereocenters. The van der Waals surface area contributed by atoms with Crippen molar-refractivity contribution < 1.29 is 13.2 Å². The number of halogens is 3. The zero-order valence-electron chi connectivity index (χ0n) is 12.3. The van der Waals surface area contributed by atoms with Crippen LogP contribution in [0.15, 0.2) is 24.3 Å². The standard InChI is InChI=1S/C15H23F3N2/c1-4-9-19-14(8-10-20(2)3)12-6-5-7-13(11-12)15(16,17)18/h5-7,11,14,19H,4,8-10H2,1-3H3. The van der Waals surface area contributed by atoms with E-state index in [1.54, 1.807) is 6.07 Å². The summed E-state index contributed by atoms with van der Waals surface area (Å²) in [5.41, 5.74) is 0.123. The molecule has 0 heterocycles. The summed E-state index contributed by atoms with van der Waals surface area (Å²) < 4.78 is 38.3. The van der Waals surface area contributed by atoms with Gasteiger partial charge in [-0.3, -0.25) is 0 Å². The van der Waals surface area contributed by atoms with Crippen molar-refractivity contribution in [1.29, 1.82) is 0 Å². The molecule has 0 fully saturated rings. The lowest BCUT2D eigenvalue weighted by Gasteiger charge is -2.22. The van der Waals surface area contributed by atoms with Crippen LogP contribution in [0.1, 0.15) is 36.9 Å². The van der Waals surface area contributed by atoms with Gasteiger partial charge in [0, 0.05) is 6.04 Å². The van der Waals surface area contributed by atoms with Crippen LogP contribution in [0.3, 0.4) is 0 Å². The first kappa shape index (κ1) is 17.0. The lowest BCUT2D eigenvalue weighted by atomic mass is 10.0. The van der Waals surface area contributed by atoms with E-state index < -0.39 is 11.7 Å². The van der Waals surface area contributed by atoms with Crippen molar-refractivity contribution in [1.82, 2.24) is 10.2 Å². The van der Waals surface area contributed by atoms with Gasteiger partial charge in [0.25, 0.3) is 0 Å². The van der Waals surface area contributed by atoms with Gasteiger partial charge < -0.3 is 10.2 Å². The van der Waals surface area contributed by atoms with Crippen LogP contribution < -0.4 is 5.32 Å². The summed E-state index contributed by atoms with van der Waals surface area (Å²) in [7, 11) is 3.92. The van der Waals surface area contributed by atoms with Crippen molar-refractivity contribution >= 4 is 0 Å². The van der Waals surface area contributed by atoms with Gasteiger partial charge in [-0.25, -0.2) is 0 Å². The number of rotatable bonds is 7. The van der Waals surface area contributed by atoms with Gasteiger partial charge in [-0.2, -0.15) is 13.2 Å². The first-order valence-electron chi connectivity index (χ1n) is 6.90. The predicted molar refractivity (Wildman–Crippen MR) is 75.6 cm³/mol. The molecule has 0 spiro atoms. The normalized spacial score (nSPS) is 13.8. The minimum Gasteiger partial charge on any atom is -0.310 e. The minimum absolute atomic E-state index is 0.0420. The molecule has 0 amide bonds. The summed E-state index contributed by atoms with van der Waals surface area (Å²) in [5.74, 6) is 0. The largest absolute Gasteiger partial charge is 0.416 e. The monoisotopic (exact) mass is 288 g/mol. The fourth-order valence-electron chi connectivity index (χ4n) is 2.02. The van der Waals surface area contributed by atoms with E-state index in [9.17, 15) is 13.2 Å². The molecule has 114 valence electrons. The van der Waals surface area contributed by atoms with Crippen LogP contribution >= 0.6 is 0 Å². The van der Waals surface area contributed by atoms with Crippen molar-refractivity contribution in [2.75, 3.05) is 27.2 Å². The maximum atomic E-state index is 12.8. The molecule has 1 aromatic carbocycles. The molecule has 1 rings (SSSR count). The Morgan fingerprint density at radius 1 is 1.25 bits per heavy atom. The van der Waals surface area contributed by atoms with E-state index in [0.29, 0.717) is 5.56 Å². The van der Waals surface area contributed by atoms with Gasteiger partial charge >= 0.3 is 6.18 Å². The number of hydrogen-bond donors (Lipinski definition) is 1. The quantitative estimate of drug-likeness (QED) is 0.823. The van der Waals surface area contributed by atoms with Crippen molar-refractivity contribution in [3.8, 4) is 0 Å². The molecule has 5 heteroatoms. The minimum atomic E-state index is -4.28. The van der Waals surface area contributed by atoms with Gasteiger partial charge in [-0.15, -0.1) is 0 Å². The summed E-state index contributed by atoms with van der Waals surface area (Å²) in [6.07, 6.45) is -2.54. The molecule has 1 N–H and O–H groups in total. The highest BCUT2D eigenvalue weighted by molar-refractivity contribution is 5.28. The molecule has 0 bridgehead atoms. The molecule has 0 aliphatic carbocycles. The van der Waals surface area contributed by atoms with E-state index in [2.05, 4.69) is 5.32 Å². The third kappa shape index (κ3) is 5.51. The lowest BCUT2D eigenvalue weighted by molar-refractivity contribution is -0.137. The van der Waals surface area contributed by atoms with Gasteiger partial charge in [-0.05, 0) is 57.7 Å². The molecule has 0 aliphatic rings. The molecule has 0 aliphatic heterocycles. The molecule has 1 aromatic rings. The van der Waals surface area contributed by atoms with E-state index in [0.717, 1.165) is 32.0 Å². The molecule has 0 saturated heterocycles. The Balaban J connectivity index is 2.88. The van der Waals surface area contributed by atoms with Crippen LogP contribution in [-0.2, 0) is 6.18 Å². The topological polar surface area (TPSA) is 15.3 Å². The Hall–Kier alpha value is -1.07. The van der Waals surface area contributed by atoms with Crippen LogP contribution in [0.5, 0.6) is 0 Å². The molecular weight excluding hydrogens is 265 g/mol. The highest BCUT2D eigenvalue weighted by Gasteiger charge is 2.30. The Labute approximate surface area is 119 Å². The Morgan fingerprint density at radius 2 is 1.95 bits per heavy atom. The zero-order chi connectivity index (χ0) is 15.2. The molecule has 0 radical (unpaired) electrons. The number of benzene rings is 1. The van der Waals surface area contributed by atoms with Gasteiger partial charge in [0.05, 0.1) is 5.56 Å². The first-order chi connectivity index (χ1) is 9.34. The molecule has 2 nitrogen and oxygen atoms in total. The summed E-state index contributed by atoms with van der Waals surface area (Å²) in [5, 5.41) is 3.33. The van der Waals surface area contributed by atoms with Crippen LogP contribution in [0.25, 0.3) is 0 Å². The second-order valence-corrected chi connectivity index (χ2v) is 5.22. The second-order valence-electron chi connectivity index (χ2n) is 5.22. The third-order valence-corrected chi connectivity index (χ3v) is 3.12. The SMILES string of the molecule is CCCNC(CCN(C)C)c1cccc(C(F)(F)F)c1. The summed E-state index contributed by atoms with van der Waals surface area (Å²) in [6.45, 7) is 3.67. The van der Waals surface area contributed by atoms with Crippen LogP contribution in [-0.4, -0.2) is 32.1 Å². The lowest BCUT2D eigenvalue weighted by Crippen LogP contribution is -2.26. The average molecular weight is 288 g/mol. The number of hydrogen-bond acceptors (Lipinski definition) is 2. The third-order valence-electron chi connectivity index (χ3n) is 3.12. The zero-order valence-corrected chi connectivity index (χ0v) is 12.3. The molecule has 1 unspecified atom stereocenters. The predicted octanol–water partition coefficient (Wildman–Crippen LogP) is 3.70. The Bertz CT molecular complexity index is 402. The van der Waals surface area contributed by atoms with E-state index in [4.69, 9.17) is 0 Å². The fourth-order valence-corrected chi connectivity index (χ4v) is 2.02. The second kappa shape index (κ2) is 7.64. The van der Waals surface area contributed by atoms with Crippen molar-refractivity contribution in [3.63, 3.8) is 0 Å². The highest BCUT2D eigenvalue weighted by Crippen LogP contribution is 2.31. The summed E-state index contributed by atoms with van der Waals surface area (Å²) >= 11 is 0. The van der Waals surface area contributed by atoms with Crippen molar-refractivity contribution in [2.45, 2.75) is 32.0 Å². The maximum absolute atomic E-state index is 12.8. The smallest absolute Gasteiger partial charge is 0.310 e. The van der Waals surface area contributed by atoms with Crippen molar-refractivity contribution in [2.24, 2.45) is 0 Å². The van der Waals surface area contributed by atoms with E-state index >= 15 is 0 Å². The number of nitrogens with one attached hydrogen (secondary N) is 1. The highest BCUT2D eigenvalue weighted by atomic mass is 19.4. The van der Waals surface area contributed by atoms with Gasteiger partial charge in [0.15, 0.2) is 0 Å². The molecule has 20 heavy (non-hydrogen) atoms. The maximum Gasteiger partial charge on any atom is 0.416 e. The summed E-state index contributed by atoms with van der Waals surface area (Å²) in [6, 6.07) is 5.57. The van der Waals surface area contributed by atoms with Gasteiger partial charge in [0.2, 0.25) is 0 Å². The Kier molecular flexibility index (Phi) is 6.49. The number of alkyl halides is 3. The first-order valence-corrected chi connectivity index (χ1v) is 6.90. The molecule has 0 saturated carbocycles. The number of nitrogens with zero attached hydrogens (tertiary/aromatic N) is 1.